The van der Waals surface area contributed by atoms with Crippen molar-refractivity contribution in [2.45, 2.75) is 6.04 Å². The summed E-state index contributed by atoms with van der Waals surface area (Å²) in [5.41, 5.74) is 2.52. The molecule has 3 aromatic carbocycles. The van der Waals surface area contributed by atoms with Gasteiger partial charge in [-0.3, -0.25) is 4.79 Å². The average molecular weight is 352 g/mol. The van der Waals surface area contributed by atoms with E-state index in [0.29, 0.717) is 16.3 Å². The molecule has 0 aliphatic heterocycles. The summed E-state index contributed by atoms with van der Waals surface area (Å²) >= 11 is 6.00. The first-order chi connectivity index (χ1) is 12.2. The van der Waals surface area contributed by atoms with E-state index in [1.54, 1.807) is 25.3 Å². The first-order valence-electron chi connectivity index (χ1n) is 7.92. The number of halogens is 1. The van der Waals surface area contributed by atoms with E-state index in [0.717, 1.165) is 11.1 Å². The van der Waals surface area contributed by atoms with Crippen LogP contribution in [0.2, 0.25) is 5.02 Å². The van der Waals surface area contributed by atoms with E-state index in [2.05, 4.69) is 5.32 Å². The highest BCUT2D eigenvalue weighted by molar-refractivity contribution is 6.30. The number of hydrogen-bond acceptors (Lipinski definition) is 2. The van der Waals surface area contributed by atoms with Gasteiger partial charge in [-0.15, -0.1) is 0 Å². The lowest BCUT2D eigenvalue weighted by Gasteiger charge is -2.20. The zero-order valence-electron chi connectivity index (χ0n) is 13.8. The molecule has 0 fully saturated rings. The summed E-state index contributed by atoms with van der Waals surface area (Å²) in [6, 6.07) is 24.2. The van der Waals surface area contributed by atoms with Gasteiger partial charge in [0.15, 0.2) is 0 Å². The van der Waals surface area contributed by atoms with Gasteiger partial charge < -0.3 is 10.1 Å². The fourth-order valence-electron chi connectivity index (χ4n) is 2.64. The van der Waals surface area contributed by atoms with Gasteiger partial charge in [0.2, 0.25) is 0 Å². The van der Waals surface area contributed by atoms with Crippen molar-refractivity contribution in [3.05, 3.63) is 101 Å². The third-order valence-corrected chi connectivity index (χ3v) is 4.20. The molecule has 0 aromatic heterocycles. The van der Waals surface area contributed by atoms with E-state index in [4.69, 9.17) is 16.3 Å². The van der Waals surface area contributed by atoms with Crippen LogP contribution in [0.3, 0.4) is 0 Å². The number of ether oxygens (including phenoxy) is 1. The molecule has 0 aliphatic carbocycles. The Hall–Kier alpha value is -2.78. The highest BCUT2D eigenvalue weighted by atomic mass is 35.5. The molecule has 0 aliphatic rings. The molecule has 1 N–H and O–H groups in total. The predicted octanol–water partition coefficient (Wildman–Crippen LogP) is 4.87. The second-order valence-electron chi connectivity index (χ2n) is 5.60. The molecule has 0 saturated heterocycles. The first-order valence-corrected chi connectivity index (χ1v) is 8.30. The quantitative estimate of drug-likeness (QED) is 0.712. The molecule has 0 saturated carbocycles. The Labute approximate surface area is 152 Å². The first kappa shape index (κ1) is 17.1. The molecule has 3 aromatic rings. The summed E-state index contributed by atoms with van der Waals surface area (Å²) in [5, 5.41) is 3.76. The van der Waals surface area contributed by atoms with Crippen molar-refractivity contribution in [1.82, 2.24) is 5.32 Å². The number of carbonyl (C=O) groups excluding carboxylic acids is 1. The standard InChI is InChI=1S/C21H18ClNO2/c1-25-19-9-5-8-17(14-19)21(24)23-20(15-6-3-2-4-7-15)16-10-12-18(22)13-11-16/h2-14,20H,1H3,(H,23,24)/t20-/m0/s1. The molecule has 0 radical (unpaired) electrons. The van der Waals surface area contributed by atoms with Gasteiger partial charge in [-0.1, -0.05) is 60.1 Å². The molecule has 1 amide bonds. The van der Waals surface area contributed by atoms with Gasteiger partial charge in [-0.2, -0.15) is 0 Å². The van der Waals surface area contributed by atoms with Crippen molar-refractivity contribution in [2.75, 3.05) is 7.11 Å². The van der Waals surface area contributed by atoms with Crippen LogP contribution in [0.4, 0.5) is 0 Å². The lowest BCUT2D eigenvalue weighted by Crippen LogP contribution is -2.29. The average Bonchev–Trinajstić information content (AvgIpc) is 2.67. The Morgan fingerprint density at radius 3 is 2.28 bits per heavy atom. The van der Waals surface area contributed by atoms with Crippen molar-refractivity contribution in [3.8, 4) is 5.75 Å². The number of rotatable bonds is 5. The summed E-state index contributed by atoms with van der Waals surface area (Å²) in [4.78, 5) is 12.7. The smallest absolute Gasteiger partial charge is 0.252 e. The summed E-state index contributed by atoms with van der Waals surface area (Å²) < 4.78 is 5.20. The summed E-state index contributed by atoms with van der Waals surface area (Å²) in [5.74, 6) is 0.484. The number of carbonyl (C=O) groups is 1. The lowest BCUT2D eigenvalue weighted by molar-refractivity contribution is 0.0942. The molecule has 1 atom stereocenters. The van der Waals surface area contributed by atoms with Gasteiger partial charge in [0.1, 0.15) is 5.75 Å². The zero-order valence-corrected chi connectivity index (χ0v) is 14.5. The van der Waals surface area contributed by atoms with Crippen LogP contribution in [0, 0.1) is 0 Å². The topological polar surface area (TPSA) is 38.3 Å². The van der Waals surface area contributed by atoms with Gasteiger partial charge in [0.25, 0.3) is 5.91 Å². The molecule has 3 nitrogen and oxygen atoms in total. The Balaban J connectivity index is 1.92. The fourth-order valence-corrected chi connectivity index (χ4v) is 2.76. The number of nitrogens with one attached hydrogen (secondary N) is 1. The van der Waals surface area contributed by atoms with Crippen molar-refractivity contribution < 1.29 is 9.53 Å². The van der Waals surface area contributed by atoms with Crippen molar-refractivity contribution in [2.24, 2.45) is 0 Å². The molecule has 3 rings (SSSR count). The number of benzene rings is 3. The number of amides is 1. The SMILES string of the molecule is COc1cccc(C(=O)N[C@@H](c2ccccc2)c2ccc(Cl)cc2)c1. The van der Waals surface area contributed by atoms with E-state index in [-0.39, 0.29) is 11.9 Å². The van der Waals surface area contributed by atoms with Gasteiger partial charge >= 0.3 is 0 Å². The van der Waals surface area contributed by atoms with E-state index in [1.165, 1.54) is 0 Å². The highest BCUT2D eigenvalue weighted by Crippen LogP contribution is 2.24. The molecule has 0 heterocycles. The van der Waals surface area contributed by atoms with Crippen LogP contribution >= 0.6 is 11.6 Å². The Morgan fingerprint density at radius 1 is 0.920 bits per heavy atom. The number of hydrogen-bond donors (Lipinski definition) is 1. The highest BCUT2D eigenvalue weighted by Gasteiger charge is 2.18. The van der Waals surface area contributed by atoms with Crippen LogP contribution < -0.4 is 10.1 Å². The number of methoxy groups -OCH3 is 1. The maximum absolute atomic E-state index is 12.7. The van der Waals surface area contributed by atoms with Crippen molar-refractivity contribution in [1.29, 1.82) is 0 Å². The molecule has 126 valence electrons. The van der Waals surface area contributed by atoms with Gasteiger partial charge in [0, 0.05) is 10.6 Å². The maximum Gasteiger partial charge on any atom is 0.252 e. The van der Waals surface area contributed by atoms with E-state index >= 15 is 0 Å². The summed E-state index contributed by atoms with van der Waals surface area (Å²) in [7, 11) is 1.58. The molecule has 25 heavy (non-hydrogen) atoms. The Kier molecular flexibility index (Phi) is 5.36. The monoisotopic (exact) mass is 351 g/mol. The van der Waals surface area contributed by atoms with E-state index in [9.17, 15) is 4.79 Å². The van der Waals surface area contributed by atoms with E-state index < -0.39 is 0 Å². The van der Waals surface area contributed by atoms with Crippen molar-refractivity contribution in [3.63, 3.8) is 0 Å². The van der Waals surface area contributed by atoms with Gasteiger partial charge in [-0.25, -0.2) is 0 Å². The van der Waals surface area contributed by atoms with Crippen LogP contribution in [0.5, 0.6) is 5.75 Å². The molecule has 0 spiro atoms. The third kappa shape index (κ3) is 4.20. The molecule has 4 heteroatoms. The molecular weight excluding hydrogens is 334 g/mol. The minimum atomic E-state index is -0.267. The Morgan fingerprint density at radius 2 is 1.60 bits per heavy atom. The largest absolute Gasteiger partial charge is 0.497 e. The predicted molar refractivity (Wildman–Crippen MR) is 100 cm³/mol. The van der Waals surface area contributed by atoms with E-state index in [1.807, 2.05) is 60.7 Å². The fraction of sp³-hybridized carbons (Fsp3) is 0.0952. The van der Waals surface area contributed by atoms with Crippen LogP contribution in [0.15, 0.2) is 78.9 Å². The summed E-state index contributed by atoms with van der Waals surface area (Å²) in [6.07, 6.45) is 0. The molecular formula is C21H18ClNO2. The third-order valence-electron chi connectivity index (χ3n) is 3.94. The Bertz CT molecular complexity index is 847. The van der Waals surface area contributed by atoms with Crippen LogP contribution in [0.1, 0.15) is 27.5 Å². The van der Waals surface area contributed by atoms with Crippen LogP contribution in [-0.4, -0.2) is 13.0 Å². The second-order valence-corrected chi connectivity index (χ2v) is 6.04. The minimum absolute atomic E-state index is 0.164. The lowest BCUT2D eigenvalue weighted by atomic mass is 9.98. The maximum atomic E-state index is 12.7. The van der Waals surface area contributed by atoms with Crippen molar-refractivity contribution >= 4 is 17.5 Å². The van der Waals surface area contributed by atoms with Gasteiger partial charge in [0.05, 0.1) is 13.2 Å². The normalized spacial score (nSPS) is 11.6. The van der Waals surface area contributed by atoms with Crippen LogP contribution in [0.25, 0.3) is 0 Å². The molecule has 0 bridgehead atoms. The molecule has 0 unspecified atom stereocenters. The van der Waals surface area contributed by atoms with Gasteiger partial charge in [-0.05, 0) is 41.5 Å². The van der Waals surface area contributed by atoms with Crippen LogP contribution in [-0.2, 0) is 0 Å². The second kappa shape index (κ2) is 7.86. The summed E-state index contributed by atoms with van der Waals surface area (Å²) in [6.45, 7) is 0. The minimum Gasteiger partial charge on any atom is -0.497 e. The zero-order chi connectivity index (χ0) is 17.6.